The fraction of sp³-hybridized carbons (Fsp3) is 0.652. The molecule has 0 aliphatic carbocycles. The van der Waals surface area contributed by atoms with Crippen molar-refractivity contribution >= 4 is 47.3 Å². The van der Waals surface area contributed by atoms with Gasteiger partial charge in [-0.25, -0.2) is 5.48 Å². The number of rotatable bonds is 33. The number of primary amides is 1. The summed E-state index contributed by atoms with van der Waals surface area (Å²) in [6, 6.07) is 3.09. The van der Waals surface area contributed by atoms with Crippen LogP contribution in [-0.2, 0) is 44.8 Å². The Balaban J connectivity index is 2.25. The predicted octanol–water partition coefficient (Wildman–Crippen LogP) is -1.62. The van der Waals surface area contributed by atoms with Crippen LogP contribution >= 0.6 is 0 Å². The second kappa shape index (κ2) is 31.3. The molecule has 0 saturated carbocycles. The molecule has 0 aromatic heterocycles. The summed E-state index contributed by atoms with van der Waals surface area (Å²) in [7, 11) is 0. The third-order valence-corrected chi connectivity index (χ3v) is 11.1. The Hall–Kier alpha value is -5.88. The van der Waals surface area contributed by atoms with Crippen molar-refractivity contribution < 1.29 is 48.7 Å². The highest BCUT2D eigenvalue weighted by molar-refractivity contribution is 5.96. The minimum absolute atomic E-state index is 0.00993. The molecule has 0 bridgehead atoms. The molecule has 8 amide bonds. The molecule has 1 aliphatic heterocycles. The second-order valence-corrected chi connectivity index (χ2v) is 18.0. The Morgan fingerprint density at radius 3 is 2.01 bits per heavy atom. The van der Waals surface area contributed by atoms with E-state index >= 15 is 0 Å². The van der Waals surface area contributed by atoms with Gasteiger partial charge < -0.3 is 63.2 Å². The maximum atomic E-state index is 14.2. The number of carbonyl (C=O) groups is 8. The molecule has 23 heteroatoms. The van der Waals surface area contributed by atoms with E-state index < -0.39 is 84.2 Å². The highest BCUT2D eigenvalue weighted by Crippen LogP contribution is 2.11. The number of hydrogen-bond donors (Lipinski definition) is 12. The van der Waals surface area contributed by atoms with Gasteiger partial charge in [0, 0.05) is 51.1 Å². The lowest BCUT2D eigenvalue weighted by molar-refractivity contribution is -0.136. The van der Waals surface area contributed by atoms with Gasteiger partial charge >= 0.3 is 0 Å². The van der Waals surface area contributed by atoms with Crippen molar-refractivity contribution in [3.05, 3.63) is 47.8 Å². The van der Waals surface area contributed by atoms with Crippen LogP contribution in [0.15, 0.2) is 42.2 Å². The zero-order valence-electron chi connectivity index (χ0n) is 41.6. The average molecular weight is 974 g/mol. The van der Waals surface area contributed by atoms with E-state index in [2.05, 4.69) is 67.1 Å². The van der Waals surface area contributed by atoms with Gasteiger partial charge in [0.25, 0.3) is 0 Å². The van der Waals surface area contributed by atoms with Crippen molar-refractivity contribution in [2.45, 2.75) is 143 Å². The molecule has 2 unspecified atom stereocenters. The molecule has 23 nitrogen and oxygen atoms in total. The van der Waals surface area contributed by atoms with Crippen LogP contribution in [0.1, 0.15) is 99.5 Å². The van der Waals surface area contributed by atoms with Crippen LogP contribution in [0.2, 0.25) is 0 Å². The number of nitrogens with zero attached hydrogens (tertiary/aromatic N) is 3. The Morgan fingerprint density at radius 1 is 0.768 bits per heavy atom. The number of unbranched alkanes of at least 4 members (excludes halogenated alkanes) is 1. The first-order chi connectivity index (χ1) is 32.6. The monoisotopic (exact) mass is 974 g/mol. The number of nitrogens with two attached hydrogens (primary N) is 1. The molecule has 6 atom stereocenters. The van der Waals surface area contributed by atoms with Crippen molar-refractivity contribution in [1.82, 2.24) is 63.2 Å². The lowest BCUT2D eigenvalue weighted by atomic mass is 10.0. The zero-order chi connectivity index (χ0) is 51.6. The molecular formula is C46H79N13O10. The van der Waals surface area contributed by atoms with E-state index in [1.54, 1.807) is 41.5 Å². The summed E-state index contributed by atoms with van der Waals surface area (Å²) in [4.78, 5) is 109. The van der Waals surface area contributed by atoms with Gasteiger partial charge in [0.2, 0.25) is 47.3 Å². The number of hydrazine groups is 2. The lowest BCUT2D eigenvalue weighted by Gasteiger charge is -2.28. The maximum absolute atomic E-state index is 14.2. The molecule has 2 rings (SSSR count). The third-order valence-electron chi connectivity index (χ3n) is 11.1. The third kappa shape index (κ3) is 22.9. The van der Waals surface area contributed by atoms with E-state index in [0.29, 0.717) is 50.2 Å². The highest BCUT2D eigenvalue weighted by atomic mass is 16.5. The Kier molecular flexibility index (Phi) is 26.9. The van der Waals surface area contributed by atoms with E-state index in [1.165, 1.54) is 25.7 Å². The van der Waals surface area contributed by atoms with Crippen LogP contribution < -0.4 is 54.1 Å². The van der Waals surface area contributed by atoms with Gasteiger partial charge in [0.15, 0.2) is 0 Å². The molecule has 388 valence electrons. The van der Waals surface area contributed by atoms with E-state index in [0.717, 1.165) is 6.54 Å². The minimum atomic E-state index is -1.52. The smallest absolute Gasteiger partial charge is 0.245 e. The lowest BCUT2D eigenvalue weighted by Crippen LogP contribution is -2.60. The van der Waals surface area contributed by atoms with Crippen molar-refractivity contribution in [2.24, 2.45) is 11.7 Å². The van der Waals surface area contributed by atoms with E-state index in [-0.39, 0.29) is 56.6 Å². The van der Waals surface area contributed by atoms with Gasteiger partial charge in [-0.3, -0.25) is 43.4 Å². The SMILES string of the molecule is CCN(CCCC[C@H](NC(=O)C(Cc1ccccc1)NC(=O)[C@H](C)NC(=O)[C@H](C)NC(=O)CC(C)C)C(=O)NC(C(=O)NCCC(=O)N(CC(N)=O)CC1=CN(CCCNO)NN1)[C@@H](C)O)C(C)C. The summed E-state index contributed by atoms with van der Waals surface area (Å²) in [6.07, 6.45) is 2.10. The van der Waals surface area contributed by atoms with Crippen molar-refractivity contribution in [1.29, 1.82) is 0 Å². The molecule has 0 saturated heterocycles. The van der Waals surface area contributed by atoms with Gasteiger partial charge in [-0.2, -0.15) is 0 Å². The van der Waals surface area contributed by atoms with Crippen molar-refractivity contribution in [2.75, 3.05) is 45.8 Å². The number of benzene rings is 1. The molecule has 0 spiro atoms. The normalized spacial score (nSPS) is 14.9. The number of hydroxylamine groups is 1. The molecule has 13 N–H and O–H groups in total. The molecule has 0 fully saturated rings. The van der Waals surface area contributed by atoms with Crippen molar-refractivity contribution in [3.8, 4) is 0 Å². The van der Waals surface area contributed by atoms with Gasteiger partial charge in [-0.15, -0.1) is 5.53 Å². The van der Waals surface area contributed by atoms with Gasteiger partial charge in [-0.05, 0) is 84.9 Å². The first-order valence-electron chi connectivity index (χ1n) is 23.8. The number of nitrogens with one attached hydrogen (secondary N) is 9. The van der Waals surface area contributed by atoms with Crippen LogP contribution in [0.5, 0.6) is 0 Å². The van der Waals surface area contributed by atoms with Crippen LogP contribution in [0.3, 0.4) is 0 Å². The molecule has 69 heavy (non-hydrogen) atoms. The number of amides is 8. The van der Waals surface area contributed by atoms with Crippen LogP contribution in [0, 0.1) is 5.92 Å². The molecule has 0 radical (unpaired) electrons. The van der Waals surface area contributed by atoms with Gasteiger partial charge in [-0.1, -0.05) is 51.1 Å². The van der Waals surface area contributed by atoms with E-state index in [4.69, 9.17) is 10.9 Å². The number of aliphatic hydroxyl groups is 1. The van der Waals surface area contributed by atoms with E-state index in [1.807, 2.05) is 20.8 Å². The Bertz CT molecular complexity index is 1850. The quantitative estimate of drug-likeness (QED) is 0.0278. The highest BCUT2D eigenvalue weighted by Gasteiger charge is 2.33. The minimum Gasteiger partial charge on any atom is -0.391 e. The fourth-order valence-electron chi connectivity index (χ4n) is 7.25. The van der Waals surface area contributed by atoms with Gasteiger partial charge in [0.05, 0.1) is 24.9 Å². The summed E-state index contributed by atoms with van der Waals surface area (Å²) >= 11 is 0. The second-order valence-electron chi connectivity index (χ2n) is 18.0. The summed E-state index contributed by atoms with van der Waals surface area (Å²) in [5.41, 5.74) is 14.5. The first-order valence-corrected chi connectivity index (χ1v) is 23.8. The first kappa shape index (κ1) is 59.2. The largest absolute Gasteiger partial charge is 0.391 e. The van der Waals surface area contributed by atoms with Crippen LogP contribution in [-0.4, -0.2) is 161 Å². The number of carbonyl (C=O) groups excluding carboxylic acids is 8. The summed E-state index contributed by atoms with van der Waals surface area (Å²) in [5.74, 6) is -5.14. The standard InChI is InChI=1S/C46H79N13O10/c1-9-57(30(4)5)22-14-13-18-36(52-45(67)37(25-34-16-11-10-12-17-34)53-43(65)32(7)51-42(64)31(6)50-39(62)24-29(2)3)44(66)54-41(33(8)60)46(68)48-21-19-40(63)58(28-38(47)61)26-35-27-59(56-55-35)23-15-20-49-69/h10-12,16-17,27,29-33,36-37,41,49,55-56,60,69H,9,13-15,18-26,28H2,1-8H3,(H2,47,61)(H,48,68)(H,50,62)(H,51,64)(H,52,67)(H,53,65)(H,54,66)/t31-,32-,33+,36-,37?,41?/m0/s1. The van der Waals surface area contributed by atoms with Crippen LogP contribution in [0.25, 0.3) is 0 Å². The zero-order valence-corrected chi connectivity index (χ0v) is 41.6. The molecular weight excluding hydrogens is 895 g/mol. The van der Waals surface area contributed by atoms with Crippen LogP contribution in [0.4, 0.5) is 0 Å². The number of hydrogen-bond acceptors (Lipinski definition) is 15. The van der Waals surface area contributed by atoms with Gasteiger partial charge in [0.1, 0.15) is 30.2 Å². The summed E-state index contributed by atoms with van der Waals surface area (Å²) < 4.78 is 0. The Morgan fingerprint density at radius 2 is 1.41 bits per heavy atom. The average Bonchev–Trinajstić information content (AvgIpc) is 3.73. The maximum Gasteiger partial charge on any atom is 0.245 e. The fourth-order valence-corrected chi connectivity index (χ4v) is 7.25. The number of aliphatic hydroxyl groups excluding tert-OH is 1. The molecule has 1 aliphatic rings. The summed E-state index contributed by atoms with van der Waals surface area (Å²) in [6.45, 7) is 15.9. The topological polar surface area (TPSA) is 321 Å². The van der Waals surface area contributed by atoms with E-state index in [9.17, 15) is 43.5 Å². The molecule has 1 heterocycles. The molecule has 1 aromatic rings. The Labute approximate surface area is 406 Å². The predicted molar refractivity (Wildman–Crippen MR) is 257 cm³/mol. The van der Waals surface area contributed by atoms with Crippen molar-refractivity contribution in [3.63, 3.8) is 0 Å². The summed E-state index contributed by atoms with van der Waals surface area (Å²) in [5, 5.41) is 37.1. The molecule has 1 aromatic carbocycles.